The molecule has 0 amide bonds. The molecule has 1 aromatic carbocycles. The summed E-state index contributed by atoms with van der Waals surface area (Å²) in [5, 5.41) is 8.53. The molecule has 0 heterocycles. The summed E-state index contributed by atoms with van der Waals surface area (Å²) < 4.78 is 10.2. The molecule has 0 atom stereocenters. The Bertz CT molecular complexity index is 484. The number of ether oxygens (including phenoxy) is 2. The zero-order valence-corrected chi connectivity index (χ0v) is 10.9. The highest BCUT2D eigenvalue weighted by Crippen LogP contribution is 2.32. The van der Waals surface area contributed by atoms with Gasteiger partial charge in [0, 0.05) is 30.2 Å². The second-order valence-corrected chi connectivity index (χ2v) is 3.96. The normalized spacial score (nSPS) is 10.0. The third kappa shape index (κ3) is 3.87. The van der Waals surface area contributed by atoms with E-state index >= 15 is 0 Å². The minimum atomic E-state index is -0.923. The molecule has 0 aliphatic carbocycles. The van der Waals surface area contributed by atoms with E-state index in [0.717, 1.165) is 0 Å². The van der Waals surface area contributed by atoms with E-state index in [1.807, 2.05) is 0 Å². The van der Waals surface area contributed by atoms with Crippen LogP contribution in [-0.2, 0) is 4.79 Å². The predicted octanol–water partition coefficient (Wildman–Crippen LogP) is 1.72. The van der Waals surface area contributed by atoms with Gasteiger partial charge in [-0.2, -0.15) is 0 Å². The molecule has 19 heavy (non-hydrogen) atoms. The number of methoxy groups -OCH3 is 2. The number of hydrogen-bond donors (Lipinski definition) is 2. The molecule has 0 aliphatic heterocycles. The molecule has 3 N–H and O–H groups in total. The first-order valence-corrected chi connectivity index (χ1v) is 5.76. The number of aliphatic carboxylic acids is 1. The minimum absolute atomic E-state index is 0.0427. The van der Waals surface area contributed by atoms with Gasteiger partial charge >= 0.3 is 5.97 Å². The van der Waals surface area contributed by atoms with E-state index in [0.29, 0.717) is 17.1 Å². The lowest BCUT2D eigenvalue weighted by molar-refractivity contribution is -0.137. The van der Waals surface area contributed by atoms with Crippen LogP contribution in [0.5, 0.6) is 11.5 Å². The zero-order chi connectivity index (χ0) is 14.4. The Morgan fingerprint density at radius 2 is 1.74 bits per heavy atom. The molecule has 0 radical (unpaired) electrons. The van der Waals surface area contributed by atoms with Crippen molar-refractivity contribution in [1.29, 1.82) is 0 Å². The number of hydrogen-bond acceptors (Lipinski definition) is 5. The number of rotatable bonds is 7. The summed E-state index contributed by atoms with van der Waals surface area (Å²) in [6, 6.07) is 3.03. The van der Waals surface area contributed by atoms with Crippen LogP contribution in [0.25, 0.3) is 0 Å². The van der Waals surface area contributed by atoms with Crippen LogP contribution in [0.4, 0.5) is 5.69 Å². The van der Waals surface area contributed by atoms with Gasteiger partial charge in [-0.15, -0.1) is 0 Å². The fourth-order valence-electron chi connectivity index (χ4n) is 1.67. The number of Topliss-reactive ketones (excluding diaryl/α,β-unsaturated/α-hetero) is 1. The maximum atomic E-state index is 11.9. The van der Waals surface area contributed by atoms with Gasteiger partial charge in [0.1, 0.15) is 0 Å². The number of ketones is 1. The van der Waals surface area contributed by atoms with E-state index in [-0.39, 0.29) is 30.7 Å². The van der Waals surface area contributed by atoms with Crippen molar-refractivity contribution in [2.45, 2.75) is 19.3 Å². The van der Waals surface area contributed by atoms with E-state index in [2.05, 4.69) is 0 Å². The molecule has 6 heteroatoms. The van der Waals surface area contributed by atoms with E-state index in [1.165, 1.54) is 26.4 Å². The fraction of sp³-hybridized carbons (Fsp3) is 0.385. The fourth-order valence-corrected chi connectivity index (χ4v) is 1.67. The van der Waals surface area contributed by atoms with E-state index in [9.17, 15) is 9.59 Å². The van der Waals surface area contributed by atoms with Gasteiger partial charge in [-0.05, 0) is 12.5 Å². The third-order valence-electron chi connectivity index (χ3n) is 2.65. The van der Waals surface area contributed by atoms with Crippen LogP contribution in [0.15, 0.2) is 12.1 Å². The van der Waals surface area contributed by atoms with Gasteiger partial charge in [-0.3, -0.25) is 9.59 Å². The largest absolute Gasteiger partial charge is 0.493 e. The molecule has 1 aromatic rings. The van der Waals surface area contributed by atoms with E-state index in [4.69, 9.17) is 20.3 Å². The lowest BCUT2D eigenvalue weighted by atomic mass is 10.0. The molecule has 0 aliphatic rings. The van der Waals surface area contributed by atoms with Crippen molar-refractivity contribution in [3.8, 4) is 11.5 Å². The van der Waals surface area contributed by atoms with Crippen LogP contribution in [0.3, 0.4) is 0 Å². The summed E-state index contributed by atoms with van der Waals surface area (Å²) in [5.41, 5.74) is 6.39. The summed E-state index contributed by atoms with van der Waals surface area (Å²) in [6.45, 7) is 0. The Morgan fingerprint density at radius 3 is 2.26 bits per heavy atom. The number of carboxylic acid groups (broad SMARTS) is 1. The van der Waals surface area contributed by atoms with Gasteiger partial charge in [-0.1, -0.05) is 0 Å². The molecular weight excluding hydrogens is 250 g/mol. The van der Waals surface area contributed by atoms with Crippen molar-refractivity contribution in [1.82, 2.24) is 0 Å². The average Bonchev–Trinajstić information content (AvgIpc) is 2.37. The number of nitrogens with two attached hydrogens (primary N) is 1. The molecule has 0 bridgehead atoms. The van der Waals surface area contributed by atoms with Crippen LogP contribution in [-0.4, -0.2) is 31.1 Å². The molecule has 0 unspecified atom stereocenters. The quantitative estimate of drug-likeness (QED) is 0.576. The lowest BCUT2D eigenvalue weighted by Gasteiger charge is -2.11. The van der Waals surface area contributed by atoms with Crippen molar-refractivity contribution in [3.63, 3.8) is 0 Å². The van der Waals surface area contributed by atoms with Gasteiger partial charge < -0.3 is 20.3 Å². The molecular formula is C13H17NO5. The van der Waals surface area contributed by atoms with Gasteiger partial charge in [-0.25, -0.2) is 0 Å². The van der Waals surface area contributed by atoms with E-state index < -0.39 is 5.97 Å². The maximum Gasteiger partial charge on any atom is 0.303 e. The van der Waals surface area contributed by atoms with Crippen LogP contribution < -0.4 is 15.2 Å². The molecule has 0 spiro atoms. The lowest BCUT2D eigenvalue weighted by Crippen LogP contribution is -2.06. The van der Waals surface area contributed by atoms with Crippen LogP contribution >= 0.6 is 0 Å². The minimum Gasteiger partial charge on any atom is -0.493 e. The second kappa shape index (κ2) is 6.63. The average molecular weight is 267 g/mol. The van der Waals surface area contributed by atoms with Crippen molar-refractivity contribution in [2.75, 3.05) is 20.0 Å². The second-order valence-electron chi connectivity index (χ2n) is 3.96. The smallest absolute Gasteiger partial charge is 0.303 e. The Morgan fingerprint density at radius 1 is 1.16 bits per heavy atom. The zero-order valence-electron chi connectivity index (χ0n) is 10.9. The number of nitrogen functional groups attached to an aromatic ring is 1. The first kappa shape index (κ1) is 14.8. The monoisotopic (exact) mass is 267 g/mol. The summed E-state index contributed by atoms with van der Waals surface area (Å²) >= 11 is 0. The van der Waals surface area contributed by atoms with Crippen LogP contribution in [0, 0.1) is 0 Å². The maximum absolute atomic E-state index is 11.9. The van der Waals surface area contributed by atoms with Crippen molar-refractivity contribution in [2.24, 2.45) is 0 Å². The summed E-state index contributed by atoms with van der Waals surface area (Å²) in [4.78, 5) is 22.3. The molecule has 1 rings (SSSR count). The molecule has 0 fully saturated rings. The highest BCUT2D eigenvalue weighted by Gasteiger charge is 2.15. The SMILES string of the molecule is COc1cc(N)c(C(=O)CCCC(=O)O)cc1OC. The van der Waals surface area contributed by atoms with Gasteiger partial charge in [0.2, 0.25) is 0 Å². The molecule has 104 valence electrons. The van der Waals surface area contributed by atoms with Crippen molar-refractivity contribution in [3.05, 3.63) is 17.7 Å². The summed E-state index contributed by atoms with van der Waals surface area (Å²) in [5.74, 6) is -0.270. The third-order valence-corrected chi connectivity index (χ3v) is 2.65. The summed E-state index contributed by atoms with van der Waals surface area (Å²) in [7, 11) is 2.94. The Labute approximate surface area is 111 Å². The standard InChI is InChI=1S/C13H17NO5/c1-18-11-6-8(9(14)7-12(11)19-2)10(15)4-3-5-13(16)17/h6-7H,3-5,14H2,1-2H3,(H,16,17). The Balaban J connectivity index is 2.87. The van der Waals surface area contributed by atoms with Crippen molar-refractivity contribution < 1.29 is 24.2 Å². The highest BCUT2D eigenvalue weighted by molar-refractivity contribution is 6.01. The predicted molar refractivity (Wildman–Crippen MR) is 69.8 cm³/mol. The Hall–Kier alpha value is -2.24. The molecule has 0 aromatic heterocycles. The van der Waals surface area contributed by atoms with Gasteiger partial charge in [0.05, 0.1) is 14.2 Å². The Kier molecular flexibility index (Phi) is 5.17. The van der Waals surface area contributed by atoms with E-state index in [1.54, 1.807) is 0 Å². The topological polar surface area (TPSA) is 98.9 Å². The first-order chi connectivity index (χ1) is 8.99. The highest BCUT2D eigenvalue weighted by atomic mass is 16.5. The number of carbonyl (C=O) groups is 2. The van der Waals surface area contributed by atoms with Gasteiger partial charge in [0.25, 0.3) is 0 Å². The summed E-state index contributed by atoms with van der Waals surface area (Å²) in [6.07, 6.45) is 0.368. The van der Waals surface area contributed by atoms with Crippen LogP contribution in [0.1, 0.15) is 29.6 Å². The van der Waals surface area contributed by atoms with Crippen molar-refractivity contribution >= 4 is 17.4 Å². The molecule has 0 saturated heterocycles. The first-order valence-electron chi connectivity index (χ1n) is 5.76. The molecule has 0 saturated carbocycles. The molecule has 6 nitrogen and oxygen atoms in total. The van der Waals surface area contributed by atoms with Gasteiger partial charge in [0.15, 0.2) is 17.3 Å². The number of carboxylic acids is 1. The number of benzene rings is 1. The number of carbonyl (C=O) groups excluding carboxylic acids is 1. The van der Waals surface area contributed by atoms with Crippen LogP contribution in [0.2, 0.25) is 0 Å². The number of anilines is 1.